The maximum Gasteiger partial charge on any atom is 0.250 e. The summed E-state index contributed by atoms with van der Waals surface area (Å²) in [5.74, 6) is -1.49. The second-order valence-electron chi connectivity index (χ2n) is 5.36. The topological polar surface area (TPSA) is 41.6 Å². The number of ether oxygens (including phenoxy) is 1. The van der Waals surface area contributed by atoms with Crippen molar-refractivity contribution >= 4 is 11.6 Å². The van der Waals surface area contributed by atoms with Crippen molar-refractivity contribution in [2.45, 2.75) is 12.6 Å². The van der Waals surface area contributed by atoms with Crippen LogP contribution in [0.15, 0.2) is 42.5 Å². The molecule has 1 saturated heterocycles. The maximum atomic E-state index is 13.9. The summed E-state index contributed by atoms with van der Waals surface area (Å²) >= 11 is 0. The van der Waals surface area contributed by atoms with Gasteiger partial charge in [0.2, 0.25) is 5.91 Å². The molecule has 4 nitrogen and oxygen atoms in total. The average Bonchev–Trinajstić information content (AvgIpc) is 2.82. The Labute approximate surface area is 125 Å². The zero-order valence-corrected chi connectivity index (χ0v) is 11.4. The molecular formula is C16H12F2N2O2. The molecule has 0 saturated carbocycles. The van der Waals surface area contributed by atoms with E-state index in [0.717, 1.165) is 22.7 Å². The van der Waals surface area contributed by atoms with E-state index < -0.39 is 23.8 Å². The number of hydrazine groups is 1. The van der Waals surface area contributed by atoms with Gasteiger partial charge in [0.1, 0.15) is 11.6 Å². The van der Waals surface area contributed by atoms with Crippen LogP contribution in [0.5, 0.6) is 5.75 Å². The smallest absolute Gasteiger partial charge is 0.250 e. The summed E-state index contributed by atoms with van der Waals surface area (Å²) < 4.78 is 32.7. The van der Waals surface area contributed by atoms with E-state index in [-0.39, 0.29) is 11.6 Å². The van der Waals surface area contributed by atoms with Gasteiger partial charge in [0.25, 0.3) is 0 Å². The van der Waals surface area contributed by atoms with Crippen LogP contribution >= 0.6 is 0 Å². The van der Waals surface area contributed by atoms with E-state index in [0.29, 0.717) is 12.2 Å². The third-order valence-electron chi connectivity index (χ3n) is 3.98. The summed E-state index contributed by atoms with van der Waals surface area (Å²) in [6.45, 7) is 0. The Hall–Kier alpha value is -2.47. The normalized spacial score (nSPS) is 23.0. The number of hydrogen-bond donors (Lipinski definition) is 1. The summed E-state index contributed by atoms with van der Waals surface area (Å²) in [4.78, 5) is 12.5. The molecule has 1 fully saturated rings. The summed E-state index contributed by atoms with van der Waals surface area (Å²) in [5.41, 5.74) is 3.80. The molecule has 22 heavy (non-hydrogen) atoms. The molecule has 2 aromatic carbocycles. The number of rotatable bonds is 1. The minimum atomic E-state index is -0.794. The number of anilines is 1. The van der Waals surface area contributed by atoms with Crippen LogP contribution in [0.25, 0.3) is 0 Å². The van der Waals surface area contributed by atoms with Crippen molar-refractivity contribution in [3.63, 3.8) is 0 Å². The minimum absolute atomic E-state index is 0.00606. The number of halogens is 2. The quantitative estimate of drug-likeness (QED) is 0.879. The third kappa shape index (κ3) is 1.95. The first-order valence-corrected chi connectivity index (χ1v) is 6.93. The van der Waals surface area contributed by atoms with Crippen LogP contribution < -0.4 is 15.2 Å². The van der Waals surface area contributed by atoms with Gasteiger partial charge in [0.05, 0.1) is 11.6 Å². The van der Waals surface area contributed by atoms with E-state index in [4.69, 9.17) is 4.74 Å². The lowest BCUT2D eigenvalue weighted by molar-refractivity contribution is -0.121. The van der Waals surface area contributed by atoms with E-state index in [2.05, 4.69) is 5.43 Å². The summed E-state index contributed by atoms with van der Waals surface area (Å²) in [6, 6.07) is 10.6. The van der Waals surface area contributed by atoms with Crippen LogP contribution in [0.3, 0.4) is 0 Å². The number of amides is 1. The zero-order valence-electron chi connectivity index (χ0n) is 11.4. The number of para-hydroxylation sites is 1. The molecule has 2 unspecified atom stereocenters. The molecule has 0 aliphatic carbocycles. The van der Waals surface area contributed by atoms with Gasteiger partial charge in [-0.25, -0.2) is 13.8 Å². The number of carbonyl (C=O) groups excluding carboxylic acids is 1. The van der Waals surface area contributed by atoms with Gasteiger partial charge < -0.3 is 4.74 Å². The Kier molecular flexibility index (Phi) is 2.87. The first kappa shape index (κ1) is 13.2. The van der Waals surface area contributed by atoms with Gasteiger partial charge in [0, 0.05) is 6.07 Å². The monoisotopic (exact) mass is 302 g/mol. The molecule has 1 amide bonds. The fraction of sp³-hybridized carbons (Fsp3) is 0.188. The Morgan fingerprint density at radius 3 is 2.82 bits per heavy atom. The van der Waals surface area contributed by atoms with E-state index in [1.807, 2.05) is 24.3 Å². The molecule has 6 heteroatoms. The van der Waals surface area contributed by atoms with Crippen LogP contribution in [0.4, 0.5) is 14.5 Å². The Bertz CT molecular complexity index is 766. The Morgan fingerprint density at radius 1 is 1.18 bits per heavy atom. The van der Waals surface area contributed by atoms with Gasteiger partial charge in [-0.05, 0) is 30.2 Å². The van der Waals surface area contributed by atoms with Crippen molar-refractivity contribution in [3.8, 4) is 5.75 Å². The summed E-state index contributed by atoms with van der Waals surface area (Å²) in [5, 5.41) is 1.11. The van der Waals surface area contributed by atoms with Crippen molar-refractivity contribution in [3.05, 3.63) is 59.7 Å². The number of nitrogens with zero attached hydrogens (tertiary/aromatic N) is 1. The van der Waals surface area contributed by atoms with E-state index in [1.54, 1.807) is 0 Å². The number of carbonyl (C=O) groups is 1. The van der Waals surface area contributed by atoms with Crippen LogP contribution in [0, 0.1) is 17.6 Å². The van der Waals surface area contributed by atoms with Crippen molar-refractivity contribution < 1.29 is 18.3 Å². The van der Waals surface area contributed by atoms with Gasteiger partial charge in [-0.3, -0.25) is 4.79 Å². The van der Waals surface area contributed by atoms with Crippen LogP contribution in [-0.4, -0.2) is 12.1 Å². The predicted molar refractivity (Wildman–Crippen MR) is 75.0 cm³/mol. The average molecular weight is 302 g/mol. The highest BCUT2D eigenvalue weighted by atomic mass is 19.1. The number of benzene rings is 2. The van der Waals surface area contributed by atoms with Crippen molar-refractivity contribution in [1.82, 2.24) is 5.43 Å². The fourth-order valence-electron chi connectivity index (χ4n) is 2.89. The van der Waals surface area contributed by atoms with Crippen LogP contribution in [0.2, 0.25) is 0 Å². The van der Waals surface area contributed by atoms with Crippen molar-refractivity contribution in [2.24, 2.45) is 5.92 Å². The maximum absolute atomic E-state index is 13.9. The standard InChI is InChI=1S/C16H12F2N2O2/c17-10-5-6-13(12(18)8-10)20-16(21)11-7-9-3-1-2-4-14(9)22-15(11)19-20/h1-6,8,11,15,19H,7H2. The molecule has 0 aromatic heterocycles. The molecular weight excluding hydrogens is 290 g/mol. The molecule has 1 N–H and O–H groups in total. The van der Waals surface area contributed by atoms with E-state index in [1.165, 1.54) is 6.07 Å². The molecule has 2 aliphatic rings. The Balaban J connectivity index is 1.66. The molecule has 2 aliphatic heterocycles. The number of fused-ring (bicyclic) bond motifs is 2. The second-order valence-corrected chi connectivity index (χ2v) is 5.36. The molecule has 0 bridgehead atoms. The largest absolute Gasteiger partial charge is 0.473 e. The van der Waals surface area contributed by atoms with Gasteiger partial charge in [-0.15, -0.1) is 0 Å². The summed E-state index contributed by atoms with van der Waals surface area (Å²) in [7, 11) is 0. The Morgan fingerprint density at radius 2 is 2.00 bits per heavy atom. The summed E-state index contributed by atoms with van der Waals surface area (Å²) in [6.07, 6.45) is -0.0294. The van der Waals surface area contributed by atoms with Crippen LogP contribution in [-0.2, 0) is 11.2 Å². The van der Waals surface area contributed by atoms with E-state index >= 15 is 0 Å². The highest BCUT2D eigenvalue weighted by molar-refractivity contribution is 5.97. The van der Waals surface area contributed by atoms with Crippen molar-refractivity contribution in [2.75, 3.05) is 5.01 Å². The highest BCUT2D eigenvalue weighted by Crippen LogP contribution is 2.35. The molecule has 2 heterocycles. The zero-order chi connectivity index (χ0) is 15.3. The molecule has 2 atom stereocenters. The van der Waals surface area contributed by atoms with Gasteiger partial charge in [-0.2, -0.15) is 5.43 Å². The lowest BCUT2D eigenvalue weighted by Crippen LogP contribution is -2.41. The van der Waals surface area contributed by atoms with E-state index in [9.17, 15) is 13.6 Å². The lowest BCUT2D eigenvalue weighted by Gasteiger charge is -2.26. The highest BCUT2D eigenvalue weighted by Gasteiger charge is 2.45. The van der Waals surface area contributed by atoms with Gasteiger partial charge in [0.15, 0.2) is 12.0 Å². The minimum Gasteiger partial charge on any atom is -0.473 e. The number of nitrogens with one attached hydrogen (secondary N) is 1. The molecule has 112 valence electrons. The van der Waals surface area contributed by atoms with Gasteiger partial charge in [-0.1, -0.05) is 18.2 Å². The van der Waals surface area contributed by atoms with Gasteiger partial charge >= 0.3 is 0 Å². The van der Waals surface area contributed by atoms with Crippen molar-refractivity contribution in [1.29, 1.82) is 0 Å². The molecule has 2 aromatic rings. The molecule has 4 rings (SSSR count). The lowest BCUT2D eigenvalue weighted by atomic mass is 9.95. The number of hydrogen-bond acceptors (Lipinski definition) is 3. The predicted octanol–water partition coefficient (Wildman–Crippen LogP) is 2.39. The molecule has 0 spiro atoms. The SMILES string of the molecule is O=C1C2Cc3ccccc3OC2NN1c1ccc(F)cc1F. The molecule has 0 radical (unpaired) electrons. The first-order valence-electron chi connectivity index (χ1n) is 6.93. The third-order valence-corrected chi connectivity index (χ3v) is 3.98. The second kappa shape index (κ2) is 4.78. The fourth-order valence-corrected chi connectivity index (χ4v) is 2.89. The first-order chi connectivity index (χ1) is 10.6. The van der Waals surface area contributed by atoms with Crippen LogP contribution in [0.1, 0.15) is 5.56 Å².